The Kier molecular flexibility index (Phi) is 3.67. The minimum atomic E-state index is -0.00992. The van der Waals surface area contributed by atoms with Crippen LogP contribution >= 0.6 is 0 Å². The highest BCUT2D eigenvalue weighted by atomic mass is 16.1. The maximum Gasteiger partial charge on any atom is 0.228 e. The van der Waals surface area contributed by atoms with Gasteiger partial charge in [-0.05, 0) is 55.7 Å². The Morgan fingerprint density at radius 3 is 2.77 bits per heavy atom. The number of nitrogens with one attached hydrogen (secondary N) is 2. The van der Waals surface area contributed by atoms with E-state index in [-0.39, 0.29) is 5.91 Å². The number of amides is 1. The van der Waals surface area contributed by atoms with E-state index >= 15 is 0 Å². The second-order valence-electron chi connectivity index (χ2n) is 5.72. The van der Waals surface area contributed by atoms with Gasteiger partial charge in [0.2, 0.25) is 5.91 Å². The number of fused-ring (bicyclic) bond motifs is 1. The molecular weight excluding hydrogens is 274 g/mol. The van der Waals surface area contributed by atoms with Gasteiger partial charge in [-0.1, -0.05) is 18.2 Å². The van der Waals surface area contributed by atoms with Crippen LogP contribution in [-0.4, -0.2) is 15.9 Å². The first kappa shape index (κ1) is 14.3. The number of aromatic amines is 1. The second kappa shape index (κ2) is 5.64. The number of anilines is 1. The highest BCUT2D eigenvalue weighted by molar-refractivity contribution is 5.93. The molecule has 0 spiro atoms. The van der Waals surface area contributed by atoms with E-state index in [2.05, 4.69) is 15.3 Å². The van der Waals surface area contributed by atoms with Gasteiger partial charge in [0.25, 0.3) is 0 Å². The molecule has 0 saturated carbocycles. The summed E-state index contributed by atoms with van der Waals surface area (Å²) in [6.07, 6.45) is 0.349. The molecule has 0 aliphatic carbocycles. The van der Waals surface area contributed by atoms with Gasteiger partial charge in [-0.15, -0.1) is 0 Å². The predicted molar refractivity (Wildman–Crippen MR) is 89.1 cm³/mol. The number of aryl methyl sites for hydroxylation is 3. The number of nitrogens with zero attached hydrogens (tertiary/aromatic N) is 1. The molecule has 4 nitrogen and oxygen atoms in total. The van der Waals surface area contributed by atoms with E-state index in [9.17, 15) is 4.79 Å². The first-order chi connectivity index (χ1) is 10.5. The third-order valence-corrected chi connectivity index (χ3v) is 3.70. The van der Waals surface area contributed by atoms with Crippen molar-refractivity contribution in [1.82, 2.24) is 9.97 Å². The lowest BCUT2D eigenvalue weighted by molar-refractivity contribution is -0.115. The molecule has 4 heteroatoms. The lowest BCUT2D eigenvalue weighted by atomic mass is 10.1. The Bertz CT molecular complexity index is 849. The summed E-state index contributed by atoms with van der Waals surface area (Å²) in [6.45, 7) is 5.94. The number of hydrogen-bond acceptors (Lipinski definition) is 2. The van der Waals surface area contributed by atoms with Gasteiger partial charge in [0.1, 0.15) is 5.82 Å². The van der Waals surface area contributed by atoms with Gasteiger partial charge in [0.05, 0.1) is 17.5 Å². The van der Waals surface area contributed by atoms with Crippen LogP contribution in [0.2, 0.25) is 0 Å². The Morgan fingerprint density at radius 2 is 1.95 bits per heavy atom. The van der Waals surface area contributed by atoms with Crippen molar-refractivity contribution in [3.63, 3.8) is 0 Å². The van der Waals surface area contributed by atoms with Crippen molar-refractivity contribution in [2.75, 3.05) is 5.32 Å². The van der Waals surface area contributed by atoms with Gasteiger partial charge in [0.15, 0.2) is 0 Å². The number of benzene rings is 2. The molecule has 22 heavy (non-hydrogen) atoms. The van der Waals surface area contributed by atoms with Crippen molar-refractivity contribution >= 4 is 22.6 Å². The lowest BCUT2D eigenvalue weighted by Crippen LogP contribution is -2.15. The number of H-pyrrole nitrogens is 1. The van der Waals surface area contributed by atoms with Crippen LogP contribution in [0.3, 0.4) is 0 Å². The molecule has 0 aliphatic rings. The fraction of sp³-hybridized carbons (Fsp3) is 0.222. The topological polar surface area (TPSA) is 57.8 Å². The van der Waals surface area contributed by atoms with E-state index < -0.39 is 0 Å². The van der Waals surface area contributed by atoms with Crippen LogP contribution in [0.15, 0.2) is 36.4 Å². The molecule has 0 bridgehead atoms. The summed E-state index contributed by atoms with van der Waals surface area (Å²) in [4.78, 5) is 19.8. The molecule has 0 saturated heterocycles. The summed E-state index contributed by atoms with van der Waals surface area (Å²) in [5.74, 6) is 0.872. The summed E-state index contributed by atoms with van der Waals surface area (Å²) in [5, 5.41) is 2.99. The Hall–Kier alpha value is -2.62. The Labute approximate surface area is 129 Å². The van der Waals surface area contributed by atoms with E-state index in [1.165, 1.54) is 0 Å². The zero-order chi connectivity index (χ0) is 15.7. The highest BCUT2D eigenvalue weighted by Crippen LogP contribution is 2.18. The molecule has 1 amide bonds. The van der Waals surface area contributed by atoms with Crippen molar-refractivity contribution in [1.29, 1.82) is 0 Å². The molecule has 0 aliphatic heterocycles. The third-order valence-electron chi connectivity index (χ3n) is 3.70. The fourth-order valence-electron chi connectivity index (χ4n) is 2.54. The van der Waals surface area contributed by atoms with E-state index in [0.29, 0.717) is 6.42 Å². The van der Waals surface area contributed by atoms with E-state index in [1.807, 2.05) is 57.2 Å². The van der Waals surface area contributed by atoms with E-state index in [0.717, 1.165) is 39.2 Å². The van der Waals surface area contributed by atoms with Crippen LogP contribution in [-0.2, 0) is 11.2 Å². The maximum atomic E-state index is 12.2. The molecule has 1 heterocycles. The molecule has 3 rings (SSSR count). The van der Waals surface area contributed by atoms with Gasteiger partial charge >= 0.3 is 0 Å². The summed E-state index contributed by atoms with van der Waals surface area (Å²) in [7, 11) is 0. The maximum absolute atomic E-state index is 12.2. The number of aromatic nitrogens is 2. The molecule has 0 atom stereocenters. The number of carbonyl (C=O) groups excluding carboxylic acids is 1. The fourth-order valence-corrected chi connectivity index (χ4v) is 2.54. The van der Waals surface area contributed by atoms with Gasteiger partial charge in [-0.25, -0.2) is 4.98 Å². The van der Waals surface area contributed by atoms with Crippen molar-refractivity contribution in [2.24, 2.45) is 0 Å². The standard InChI is InChI=1S/C18H19N3O/c1-11-4-5-12(2)16(8-11)21-18(22)10-14-6-7-15-17(9-14)20-13(3)19-15/h4-9H,10H2,1-3H3,(H,19,20)(H,21,22). The highest BCUT2D eigenvalue weighted by Gasteiger charge is 2.08. The number of imidazole rings is 1. The molecule has 112 valence electrons. The molecule has 3 aromatic rings. The van der Waals surface area contributed by atoms with Gasteiger partial charge in [-0.2, -0.15) is 0 Å². The molecule has 0 fully saturated rings. The normalized spacial score (nSPS) is 10.9. The summed E-state index contributed by atoms with van der Waals surface area (Å²) in [5.41, 5.74) is 5.95. The minimum Gasteiger partial charge on any atom is -0.342 e. The Morgan fingerprint density at radius 1 is 1.14 bits per heavy atom. The van der Waals surface area contributed by atoms with Crippen LogP contribution in [0.5, 0.6) is 0 Å². The summed E-state index contributed by atoms with van der Waals surface area (Å²) < 4.78 is 0. The van der Waals surface area contributed by atoms with Gasteiger partial charge in [-0.3, -0.25) is 4.79 Å². The van der Waals surface area contributed by atoms with E-state index in [1.54, 1.807) is 0 Å². The minimum absolute atomic E-state index is 0.00992. The largest absolute Gasteiger partial charge is 0.342 e. The van der Waals surface area contributed by atoms with Crippen molar-refractivity contribution < 1.29 is 4.79 Å². The summed E-state index contributed by atoms with van der Waals surface area (Å²) in [6, 6.07) is 11.9. The first-order valence-corrected chi connectivity index (χ1v) is 7.33. The number of carbonyl (C=O) groups is 1. The summed E-state index contributed by atoms with van der Waals surface area (Å²) >= 11 is 0. The molecule has 0 radical (unpaired) electrons. The quantitative estimate of drug-likeness (QED) is 0.774. The molecule has 2 N–H and O–H groups in total. The monoisotopic (exact) mass is 293 g/mol. The van der Waals surface area contributed by atoms with Crippen molar-refractivity contribution in [2.45, 2.75) is 27.2 Å². The van der Waals surface area contributed by atoms with E-state index in [4.69, 9.17) is 0 Å². The predicted octanol–water partition coefficient (Wildman–Crippen LogP) is 3.67. The smallest absolute Gasteiger partial charge is 0.228 e. The van der Waals surface area contributed by atoms with Crippen molar-refractivity contribution in [3.8, 4) is 0 Å². The van der Waals surface area contributed by atoms with Crippen LogP contribution < -0.4 is 5.32 Å². The average molecular weight is 293 g/mol. The molecule has 1 aromatic heterocycles. The van der Waals surface area contributed by atoms with Crippen LogP contribution in [0, 0.1) is 20.8 Å². The zero-order valence-electron chi connectivity index (χ0n) is 13.0. The molecule has 0 unspecified atom stereocenters. The second-order valence-corrected chi connectivity index (χ2v) is 5.72. The average Bonchev–Trinajstić information content (AvgIpc) is 2.82. The zero-order valence-corrected chi connectivity index (χ0v) is 13.0. The van der Waals surface area contributed by atoms with Crippen LogP contribution in [0.4, 0.5) is 5.69 Å². The SMILES string of the molecule is Cc1ccc(C)c(NC(=O)Cc2ccc3nc(C)[nH]c3c2)c1. The lowest BCUT2D eigenvalue weighted by Gasteiger charge is -2.09. The van der Waals surface area contributed by atoms with Gasteiger partial charge < -0.3 is 10.3 Å². The third kappa shape index (κ3) is 3.01. The molecular formula is C18H19N3O. The van der Waals surface area contributed by atoms with Crippen LogP contribution in [0.25, 0.3) is 11.0 Å². The van der Waals surface area contributed by atoms with Gasteiger partial charge in [0, 0.05) is 5.69 Å². The molecule has 2 aromatic carbocycles. The van der Waals surface area contributed by atoms with Crippen LogP contribution in [0.1, 0.15) is 22.5 Å². The first-order valence-electron chi connectivity index (χ1n) is 7.33. The van der Waals surface area contributed by atoms with Crippen molar-refractivity contribution in [3.05, 3.63) is 58.9 Å². The number of hydrogen-bond donors (Lipinski definition) is 2. The Balaban J connectivity index is 1.76. The number of rotatable bonds is 3.